The normalized spacial score (nSPS) is 15.1. The van der Waals surface area contributed by atoms with Crippen LogP contribution in [0.4, 0.5) is 0 Å². The van der Waals surface area contributed by atoms with E-state index in [1.807, 2.05) is 12.1 Å². The molecule has 3 heterocycles. The summed E-state index contributed by atoms with van der Waals surface area (Å²) in [5, 5.41) is 9.67. The number of carboxylic acid groups (broad SMARTS) is 1. The van der Waals surface area contributed by atoms with Crippen LogP contribution in [0.5, 0.6) is 0 Å². The van der Waals surface area contributed by atoms with E-state index in [0.29, 0.717) is 9.90 Å². The molecule has 20 heavy (non-hydrogen) atoms. The molecule has 0 atom stereocenters. The van der Waals surface area contributed by atoms with Crippen molar-refractivity contribution in [3.63, 3.8) is 0 Å². The third kappa shape index (κ3) is 2.85. The maximum absolute atomic E-state index is 11.0. The molecule has 6 heteroatoms. The van der Waals surface area contributed by atoms with E-state index in [9.17, 15) is 4.79 Å². The number of carboxylic acids is 1. The third-order valence-corrected chi connectivity index (χ3v) is 4.72. The maximum atomic E-state index is 11.0. The minimum Gasteiger partial charge on any atom is -0.477 e. The average Bonchev–Trinajstić information content (AvgIpc) is 2.85. The van der Waals surface area contributed by atoms with Gasteiger partial charge in [-0.3, -0.25) is 9.88 Å². The fraction of sp³-hybridized carbons (Fsp3) is 0.286. The van der Waals surface area contributed by atoms with Gasteiger partial charge in [0.1, 0.15) is 4.88 Å². The molecule has 1 aliphatic rings. The molecule has 0 unspecified atom stereocenters. The van der Waals surface area contributed by atoms with E-state index in [1.165, 1.54) is 16.9 Å². The first-order chi connectivity index (χ1) is 9.61. The van der Waals surface area contributed by atoms with Crippen LogP contribution in [0.3, 0.4) is 0 Å². The molecule has 0 aromatic carbocycles. The van der Waals surface area contributed by atoms with E-state index in [1.54, 1.807) is 12.3 Å². The van der Waals surface area contributed by atoms with Crippen molar-refractivity contribution >= 4 is 28.9 Å². The fourth-order valence-electron chi connectivity index (χ4n) is 2.34. The van der Waals surface area contributed by atoms with Gasteiger partial charge in [-0.05, 0) is 30.2 Å². The largest absolute Gasteiger partial charge is 0.477 e. The highest BCUT2D eigenvalue weighted by Crippen LogP contribution is 2.28. The molecule has 2 aromatic rings. The summed E-state index contributed by atoms with van der Waals surface area (Å²) in [4.78, 5) is 19.2. The molecule has 0 saturated heterocycles. The fourth-order valence-corrected chi connectivity index (χ4v) is 3.55. The topological polar surface area (TPSA) is 53.4 Å². The van der Waals surface area contributed by atoms with Gasteiger partial charge in [-0.1, -0.05) is 11.6 Å². The number of aromatic nitrogens is 1. The molecule has 2 aromatic heterocycles. The van der Waals surface area contributed by atoms with Crippen molar-refractivity contribution in [2.45, 2.75) is 19.5 Å². The van der Waals surface area contributed by atoms with Gasteiger partial charge in [0.05, 0.1) is 10.7 Å². The number of hydrogen-bond donors (Lipinski definition) is 1. The lowest BCUT2D eigenvalue weighted by atomic mass is 10.1. The van der Waals surface area contributed by atoms with Gasteiger partial charge in [-0.25, -0.2) is 4.79 Å². The SMILES string of the molecule is O=C(O)c1cc2c(s1)CN(Cc1ccc(Cl)cn1)CC2. The summed E-state index contributed by atoms with van der Waals surface area (Å²) < 4.78 is 0. The minimum atomic E-state index is -0.838. The van der Waals surface area contributed by atoms with Gasteiger partial charge in [0.25, 0.3) is 0 Å². The van der Waals surface area contributed by atoms with Crippen molar-refractivity contribution in [1.29, 1.82) is 0 Å². The Morgan fingerprint density at radius 3 is 3.05 bits per heavy atom. The Bertz CT molecular complexity index is 639. The van der Waals surface area contributed by atoms with Crippen LogP contribution in [0.25, 0.3) is 0 Å². The van der Waals surface area contributed by atoms with E-state index < -0.39 is 5.97 Å². The first-order valence-electron chi connectivity index (χ1n) is 6.29. The Balaban J connectivity index is 1.72. The van der Waals surface area contributed by atoms with Crippen LogP contribution in [0, 0.1) is 0 Å². The first kappa shape index (κ1) is 13.5. The van der Waals surface area contributed by atoms with Gasteiger partial charge in [0, 0.05) is 30.7 Å². The summed E-state index contributed by atoms with van der Waals surface area (Å²) in [6, 6.07) is 5.57. The summed E-state index contributed by atoms with van der Waals surface area (Å²) in [7, 11) is 0. The Labute approximate surface area is 125 Å². The lowest BCUT2D eigenvalue weighted by Gasteiger charge is -2.26. The monoisotopic (exact) mass is 308 g/mol. The molecule has 0 amide bonds. The molecule has 3 rings (SSSR count). The zero-order valence-electron chi connectivity index (χ0n) is 10.7. The Morgan fingerprint density at radius 2 is 2.35 bits per heavy atom. The van der Waals surface area contributed by atoms with Crippen LogP contribution in [0.15, 0.2) is 24.4 Å². The Hall–Kier alpha value is -1.43. The Morgan fingerprint density at radius 1 is 1.50 bits per heavy atom. The summed E-state index contributed by atoms with van der Waals surface area (Å²) >= 11 is 7.20. The highest BCUT2D eigenvalue weighted by atomic mass is 35.5. The predicted octanol–water partition coefficient (Wildman–Crippen LogP) is 3.05. The highest BCUT2D eigenvalue weighted by molar-refractivity contribution is 7.14. The molecule has 1 N–H and O–H groups in total. The second-order valence-corrected chi connectivity index (χ2v) is 6.37. The number of carbonyl (C=O) groups is 1. The molecular formula is C14H13ClN2O2S. The van der Waals surface area contributed by atoms with Gasteiger partial charge in [0.2, 0.25) is 0 Å². The second-order valence-electron chi connectivity index (χ2n) is 4.79. The molecule has 1 aliphatic heterocycles. The van der Waals surface area contributed by atoms with Crippen LogP contribution in [-0.4, -0.2) is 27.5 Å². The van der Waals surface area contributed by atoms with Gasteiger partial charge < -0.3 is 5.11 Å². The maximum Gasteiger partial charge on any atom is 0.345 e. The van der Waals surface area contributed by atoms with E-state index in [-0.39, 0.29) is 0 Å². The quantitative estimate of drug-likeness (QED) is 0.947. The summed E-state index contributed by atoms with van der Waals surface area (Å²) in [6.07, 6.45) is 2.55. The average molecular weight is 309 g/mol. The molecule has 0 radical (unpaired) electrons. The molecule has 0 spiro atoms. The van der Waals surface area contributed by atoms with Crippen molar-refractivity contribution in [3.05, 3.63) is 50.4 Å². The van der Waals surface area contributed by atoms with Crippen molar-refractivity contribution in [1.82, 2.24) is 9.88 Å². The first-order valence-corrected chi connectivity index (χ1v) is 7.49. The van der Waals surface area contributed by atoms with Crippen LogP contribution in [0.2, 0.25) is 5.02 Å². The van der Waals surface area contributed by atoms with Crippen LogP contribution in [-0.2, 0) is 19.5 Å². The van der Waals surface area contributed by atoms with Gasteiger partial charge in [0.15, 0.2) is 0 Å². The zero-order chi connectivity index (χ0) is 14.1. The minimum absolute atomic E-state index is 0.432. The van der Waals surface area contributed by atoms with Crippen molar-refractivity contribution in [2.75, 3.05) is 6.54 Å². The van der Waals surface area contributed by atoms with E-state index >= 15 is 0 Å². The van der Waals surface area contributed by atoms with Gasteiger partial charge in [-0.15, -0.1) is 11.3 Å². The molecule has 0 fully saturated rings. The van der Waals surface area contributed by atoms with E-state index in [4.69, 9.17) is 16.7 Å². The summed E-state index contributed by atoms with van der Waals surface area (Å²) in [5.74, 6) is -0.838. The number of hydrogen-bond acceptors (Lipinski definition) is 4. The van der Waals surface area contributed by atoms with Gasteiger partial charge in [-0.2, -0.15) is 0 Å². The van der Waals surface area contributed by atoms with Crippen LogP contribution < -0.4 is 0 Å². The van der Waals surface area contributed by atoms with Crippen LogP contribution in [0.1, 0.15) is 25.8 Å². The number of rotatable bonds is 3. The van der Waals surface area contributed by atoms with E-state index in [0.717, 1.165) is 36.6 Å². The molecular weight excluding hydrogens is 296 g/mol. The van der Waals surface area contributed by atoms with Crippen molar-refractivity contribution in [2.24, 2.45) is 0 Å². The lowest BCUT2D eigenvalue weighted by Crippen LogP contribution is -2.29. The second kappa shape index (κ2) is 5.52. The number of pyridine rings is 1. The molecule has 104 valence electrons. The molecule has 0 bridgehead atoms. The van der Waals surface area contributed by atoms with E-state index in [2.05, 4.69) is 9.88 Å². The highest BCUT2D eigenvalue weighted by Gasteiger charge is 2.21. The molecule has 0 aliphatic carbocycles. The third-order valence-electron chi connectivity index (χ3n) is 3.35. The van der Waals surface area contributed by atoms with Crippen molar-refractivity contribution in [3.8, 4) is 0 Å². The number of halogens is 1. The predicted molar refractivity (Wildman–Crippen MR) is 78.3 cm³/mol. The molecule has 4 nitrogen and oxygen atoms in total. The number of fused-ring (bicyclic) bond motifs is 1. The standard InChI is InChI=1S/C14H13ClN2O2S/c15-10-1-2-11(16-6-10)7-17-4-3-9-5-12(14(18)19)20-13(9)8-17/h1-2,5-6H,3-4,7-8H2,(H,18,19). The number of nitrogens with zero attached hydrogens (tertiary/aromatic N) is 2. The Kier molecular flexibility index (Phi) is 3.74. The van der Waals surface area contributed by atoms with Crippen LogP contribution >= 0.6 is 22.9 Å². The summed E-state index contributed by atoms with van der Waals surface area (Å²) in [6.45, 7) is 2.47. The van der Waals surface area contributed by atoms with Crippen molar-refractivity contribution < 1.29 is 9.90 Å². The zero-order valence-corrected chi connectivity index (χ0v) is 12.2. The smallest absolute Gasteiger partial charge is 0.345 e. The number of thiophene rings is 1. The number of aromatic carboxylic acids is 1. The lowest BCUT2D eigenvalue weighted by molar-refractivity contribution is 0.0702. The summed E-state index contributed by atoms with van der Waals surface area (Å²) in [5.41, 5.74) is 2.15. The molecule has 0 saturated carbocycles. The van der Waals surface area contributed by atoms with Gasteiger partial charge >= 0.3 is 5.97 Å².